The molecule has 0 radical (unpaired) electrons. The maximum atomic E-state index is 4.60. The van der Waals surface area contributed by atoms with Crippen LogP contribution in [0.1, 0.15) is 15.7 Å². The van der Waals surface area contributed by atoms with Crippen molar-refractivity contribution in [3.63, 3.8) is 0 Å². The quantitative estimate of drug-likeness (QED) is 0.482. The van der Waals surface area contributed by atoms with Gasteiger partial charge in [0, 0.05) is 8.80 Å². The molecule has 3 aromatic heterocycles. The summed E-state index contributed by atoms with van der Waals surface area (Å²) in [4.78, 5) is 12.6. The Morgan fingerprint density at radius 1 is 1.27 bits per heavy atom. The second kappa shape index (κ2) is 3.64. The van der Waals surface area contributed by atoms with Gasteiger partial charge in [0.25, 0.3) is 0 Å². The van der Waals surface area contributed by atoms with Gasteiger partial charge in [0.15, 0.2) is 0 Å². The Bertz CT molecular complexity index is 578. The van der Waals surface area contributed by atoms with Crippen molar-refractivity contribution in [2.45, 2.75) is 10.8 Å². The number of alkyl halides is 1. The normalized spacial score (nSPS) is 13.7. The van der Waals surface area contributed by atoms with Crippen molar-refractivity contribution in [3.8, 4) is 0 Å². The zero-order valence-corrected chi connectivity index (χ0v) is 11.7. The molecule has 0 spiro atoms. The highest BCUT2D eigenvalue weighted by Gasteiger charge is 2.09. The SMILES string of the molecule is CC(I)c1cc2nc3sccc3nc2s1. The van der Waals surface area contributed by atoms with E-state index in [0.717, 1.165) is 20.7 Å². The van der Waals surface area contributed by atoms with Crippen LogP contribution in [0.5, 0.6) is 0 Å². The van der Waals surface area contributed by atoms with E-state index in [1.165, 1.54) is 4.88 Å². The van der Waals surface area contributed by atoms with Crippen LogP contribution in [0.25, 0.3) is 20.7 Å². The first-order valence-electron chi connectivity index (χ1n) is 4.53. The van der Waals surface area contributed by atoms with E-state index in [2.05, 4.69) is 45.5 Å². The second-order valence-corrected chi connectivity index (χ2v) is 7.12. The summed E-state index contributed by atoms with van der Waals surface area (Å²) in [6.07, 6.45) is 0. The summed E-state index contributed by atoms with van der Waals surface area (Å²) in [5.41, 5.74) is 2.05. The van der Waals surface area contributed by atoms with Crippen LogP contribution < -0.4 is 0 Å². The first-order valence-corrected chi connectivity index (χ1v) is 7.47. The highest BCUT2D eigenvalue weighted by atomic mass is 127. The van der Waals surface area contributed by atoms with E-state index >= 15 is 0 Å². The number of fused-ring (bicyclic) bond motifs is 2. The number of aromatic nitrogens is 2. The van der Waals surface area contributed by atoms with E-state index in [4.69, 9.17) is 0 Å². The van der Waals surface area contributed by atoms with Crippen molar-refractivity contribution >= 4 is 66.0 Å². The monoisotopic (exact) mass is 346 g/mol. The van der Waals surface area contributed by atoms with Gasteiger partial charge in [-0.2, -0.15) is 0 Å². The van der Waals surface area contributed by atoms with Crippen LogP contribution >= 0.6 is 45.3 Å². The Hall–Kier alpha value is -0.270. The fourth-order valence-corrected chi connectivity index (χ4v) is 3.61. The van der Waals surface area contributed by atoms with Crippen LogP contribution in [0.15, 0.2) is 17.5 Å². The lowest BCUT2D eigenvalue weighted by atomic mass is 10.3. The smallest absolute Gasteiger partial charge is 0.142 e. The van der Waals surface area contributed by atoms with E-state index in [9.17, 15) is 0 Å². The van der Waals surface area contributed by atoms with Crippen LogP contribution in [0.3, 0.4) is 0 Å². The summed E-state index contributed by atoms with van der Waals surface area (Å²) < 4.78 is 0.529. The summed E-state index contributed by atoms with van der Waals surface area (Å²) in [6.45, 7) is 2.19. The van der Waals surface area contributed by atoms with E-state index in [-0.39, 0.29) is 0 Å². The minimum Gasteiger partial charge on any atom is -0.233 e. The molecule has 3 aromatic rings. The van der Waals surface area contributed by atoms with Gasteiger partial charge in [-0.1, -0.05) is 22.6 Å². The summed E-state index contributed by atoms with van der Waals surface area (Å²) >= 11 is 5.82. The van der Waals surface area contributed by atoms with Crippen molar-refractivity contribution in [1.82, 2.24) is 9.97 Å². The van der Waals surface area contributed by atoms with Crippen molar-refractivity contribution in [3.05, 3.63) is 22.4 Å². The predicted molar refractivity (Wildman–Crippen MR) is 75.2 cm³/mol. The maximum Gasteiger partial charge on any atom is 0.142 e. The van der Waals surface area contributed by atoms with Gasteiger partial charge < -0.3 is 0 Å². The number of thiophene rings is 2. The molecule has 0 aromatic carbocycles. The number of rotatable bonds is 1. The van der Waals surface area contributed by atoms with Crippen molar-refractivity contribution in [2.24, 2.45) is 0 Å². The first-order chi connectivity index (χ1) is 7.24. The van der Waals surface area contributed by atoms with E-state index in [1.54, 1.807) is 22.7 Å². The molecule has 0 bridgehead atoms. The minimum absolute atomic E-state index is 0.529. The van der Waals surface area contributed by atoms with Gasteiger partial charge in [-0.05, 0) is 24.4 Å². The third-order valence-corrected chi connectivity index (χ3v) is 5.26. The molecule has 0 fully saturated rings. The highest BCUT2D eigenvalue weighted by Crippen LogP contribution is 2.33. The third kappa shape index (κ3) is 1.66. The molecule has 5 heteroatoms. The van der Waals surface area contributed by atoms with Crippen molar-refractivity contribution in [1.29, 1.82) is 0 Å². The largest absolute Gasteiger partial charge is 0.233 e. The Kier molecular flexibility index (Phi) is 2.41. The molecular formula is C10H7IN2S2. The first kappa shape index (κ1) is 9.92. The highest BCUT2D eigenvalue weighted by molar-refractivity contribution is 14.1. The van der Waals surface area contributed by atoms with Gasteiger partial charge in [0.1, 0.15) is 20.7 Å². The number of hydrogen-bond acceptors (Lipinski definition) is 4. The Labute approximate surface area is 109 Å². The maximum absolute atomic E-state index is 4.60. The molecule has 0 aliphatic heterocycles. The zero-order valence-electron chi connectivity index (χ0n) is 7.90. The molecule has 0 saturated carbocycles. The molecule has 0 amide bonds. The molecule has 1 atom stereocenters. The summed E-state index contributed by atoms with van der Waals surface area (Å²) in [6, 6.07) is 4.18. The van der Waals surface area contributed by atoms with Crippen LogP contribution in [0.2, 0.25) is 0 Å². The standard InChI is InChI=1S/C10H7IN2S2/c1-5(11)8-4-7-10(15-8)12-6-2-3-14-9(6)13-7/h2-5H,1H3. The third-order valence-electron chi connectivity index (χ3n) is 2.17. The van der Waals surface area contributed by atoms with E-state index in [1.807, 2.05) is 11.4 Å². The van der Waals surface area contributed by atoms with Gasteiger partial charge in [-0.3, -0.25) is 0 Å². The Morgan fingerprint density at radius 2 is 2.07 bits per heavy atom. The minimum atomic E-state index is 0.529. The van der Waals surface area contributed by atoms with Crippen LogP contribution in [-0.2, 0) is 0 Å². The average Bonchev–Trinajstić information content (AvgIpc) is 2.77. The second-order valence-electron chi connectivity index (χ2n) is 3.29. The van der Waals surface area contributed by atoms with E-state index < -0.39 is 0 Å². The molecule has 3 heterocycles. The summed E-state index contributed by atoms with van der Waals surface area (Å²) in [7, 11) is 0. The fraction of sp³-hybridized carbons (Fsp3) is 0.200. The Balaban J connectivity index is 2.34. The molecular weight excluding hydrogens is 339 g/mol. The molecule has 76 valence electrons. The van der Waals surface area contributed by atoms with Gasteiger partial charge >= 0.3 is 0 Å². The van der Waals surface area contributed by atoms with Crippen LogP contribution in [-0.4, -0.2) is 9.97 Å². The lowest BCUT2D eigenvalue weighted by molar-refractivity contribution is 1.20. The predicted octanol–water partition coefficient (Wildman–Crippen LogP) is 4.40. The number of hydrogen-bond donors (Lipinski definition) is 0. The molecule has 15 heavy (non-hydrogen) atoms. The average molecular weight is 346 g/mol. The van der Waals surface area contributed by atoms with E-state index in [0.29, 0.717) is 3.92 Å². The lowest BCUT2D eigenvalue weighted by Crippen LogP contribution is -1.77. The van der Waals surface area contributed by atoms with Gasteiger partial charge in [0.2, 0.25) is 0 Å². The fourth-order valence-electron chi connectivity index (χ4n) is 1.43. The zero-order chi connectivity index (χ0) is 10.4. The van der Waals surface area contributed by atoms with Crippen molar-refractivity contribution < 1.29 is 0 Å². The molecule has 0 aliphatic rings. The molecule has 0 aliphatic carbocycles. The van der Waals surface area contributed by atoms with Crippen molar-refractivity contribution in [2.75, 3.05) is 0 Å². The molecule has 3 rings (SSSR count). The van der Waals surface area contributed by atoms with Gasteiger partial charge in [-0.15, -0.1) is 22.7 Å². The molecule has 0 N–H and O–H groups in total. The lowest BCUT2D eigenvalue weighted by Gasteiger charge is -1.93. The summed E-state index contributed by atoms with van der Waals surface area (Å²) in [5.74, 6) is 0. The topological polar surface area (TPSA) is 25.8 Å². The summed E-state index contributed by atoms with van der Waals surface area (Å²) in [5, 5.41) is 2.04. The molecule has 2 nitrogen and oxygen atoms in total. The van der Waals surface area contributed by atoms with Gasteiger partial charge in [0.05, 0.1) is 0 Å². The van der Waals surface area contributed by atoms with Crippen LogP contribution in [0.4, 0.5) is 0 Å². The molecule has 1 unspecified atom stereocenters. The molecule has 0 saturated heterocycles. The number of halogens is 1. The number of nitrogens with zero attached hydrogens (tertiary/aromatic N) is 2. The van der Waals surface area contributed by atoms with Crippen LogP contribution in [0, 0.1) is 0 Å². The Morgan fingerprint density at radius 3 is 2.87 bits per heavy atom. The van der Waals surface area contributed by atoms with Gasteiger partial charge in [-0.25, -0.2) is 9.97 Å².